The molecular formula is C23H44O4. The molecule has 0 saturated carbocycles. The van der Waals surface area contributed by atoms with Crippen molar-refractivity contribution in [3.05, 3.63) is 0 Å². The molecule has 0 aliphatic carbocycles. The van der Waals surface area contributed by atoms with E-state index in [1.54, 1.807) is 0 Å². The number of unbranched alkanes of at least 4 members (excludes halogenated alkanes) is 5. The Labute approximate surface area is 167 Å². The molecule has 0 bridgehead atoms. The maximum atomic E-state index is 12.0. The molecule has 0 aromatic carbocycles. The van der Waals surface area contributed by atoms with Crippen molar-refractivity contribution in [2.24, 2.45) is 5.92 Å². The Balaban J connectivity index is 3.73. The molecule has 0 saturated heterocycles. The minimum Gasteiger partial charge on any atom is -0.466 e. The summed E-state index contributed by atoms with van der Waals surface area (Å²) in [4.78, 5) is 23.7. The maximum absolute atomic E-state index is 12.0. The highest BCUT2D eigenvalue weighted by Crippen LogP contribution is 2.19. The number of hydrogen-bond donors (Lipinski definition) is 0. The molecule has 0 aromatic rings. The predicted octanol–water partition coefficient (Wildman–Crippen LogP) is 6.60. The minimum atomic E-state index is -0.197. The number of esters is 2. The third-order valence-electron chi connectivity index (χ3n) is 5.33. The van der Waals surface area contributed by atoms with Gasteiger partial charge in [-0.15, -0.1) is 0 Å². The summed E-state index contributed by atoms with van der Waals surface area (Å²) in [5, 5.41) is 0. The highest BCUT2D eigenvalue weighted by molar-refractivity contribution is 5.72. The van der Waals surface area contributed by atoms with Gasteiger partial charge >= 0.3 is 11.9 Å². The van der Waals surface area contributed by atoms with Crippen LogP contribution in [0.3, 0.4) is 0 Å². The smallest absolute Gasteiger partial charge is 0.306 e. The van der Waals surface area contributed by atoms with E-state index in [9.17, 15) is 9.59 Å². The van der Waals surface area contributed by atoms with Gasteiger partial charge in [0, 0.05) is 12.8 Å². The van der Waals surface area contributed by atoms with Gasteiger partial charge < -0.3 is 9.47 Å². The molecule has 0 N–H and O–H groups in total. The van der Waals surface area contributed by atoms with Gasteiger partial charge in [0.05, 0.1) is 6.61 Å². The molecule has 0 aromatic heterocycles. The highest BCUT2D eigenvalue weighted by Gasteiger charge is 2.15. The predicted molar refractivity (Wildman–Crippen MR) is 112 cm³/mol. The van der Waals surface area contributed by atoms with Gasteiger partial charge in [-0.05, 0) is 38.0 Å². The molecule has 4 heteroatoms. The molecule has 4 nitrogen and oxygen atoms in total. The van der Waals surface area contributed by atoms with Gasteiger partial charge in [0.2, 0.25) is 0 Å². The van der Waals surface area contributed by atoms with E-state index >= 15 is 0 Å². The number of hydrogen-bond acceptors (Lipinski definition) is 4. The Hall–Kier alpha value is -1.06. The van der Waals surface area contributed by atoms with Crippen LogP contribution in [0, 0.1) is 5.92 Å². The van der Waals surface area contributed by atoms with E-state index < -0.39 is 0 Å². The van der Waals surface area contributed by atoms with E-state index in [0.29, 0.717) is 25.9 Å². The summed E-state index contributed by atoms with van der Waals surface area (Å²) in [5.41, 5.74) is 0. The SMILES string of the molecule is CCCCCCCCOC(=O)CCCC(=O)OC(CC)CCC(CC)CC. The Kier molecular flexibility index (Phi) is 17.6. The molecule has 0 fully saturated rings. The van der Waals surface area contributed by atoms with E-state index in [1.807, 2.05) is 0 Å². The van der Waals surface area contributed by atoms with Gasteiger partial charge in [0.25, 0.3) is 0 Å². The molecular weight excluding hydrogens is 340 g/mol. The van der Waals surface area contributed by atoms with Crippen LogP contribution in [0.1, 0.15) is 118 Å². The lowest BCUT2D eigenvalue weighted by Crippen LogP contribution is -2.19. The molecule has 0 aliphatic rings. The third kappa shape index (κ3) is 15.7. The van der Waals surface area contributed by atoms with Crippen LogP contribution in [0.5, 0.6) is 0 Å². The third-order valence-corrected chi connectivity index (χ3v) is 5.33. The normalized spacial score (nSPS) is 12.2. The van der Waals surface area contributed by atoms with Gasteiger partial charge in [0.15, 0.2) is 0 Å². The number of carbonyl (C=O) groups is 2. The van der Waals surface area contributed by atoms with Crippen molar-refractivity contribution in [2.75, 3.05) is 6.61 Å². The first kappa shape index (κ1) is 25.9. The number of ether oxygens (including phenoxy) is 2. The van der Waals surface area contributed by atoms with Gasteiger partial charge in [0.1, 0.15) is 6.10 Å². The zero-order chi connectivity index (χ0) is 20.3. The lowest BCUT2D eigenvalue weighted by atomic mass is 9.95. The Morgan fingerprint density at radius 2 is 1.33 bits per heavy atom. The monoisotopic (exact) mass is 384 g/mol. The van der Waals surface area contributed by atoms with Crippen LogP contribution < -0.4 is 0 Å². The first-order valence-corrected chi connectivity index (χ1v) is 11.4. The molecule has 0 heterocycles. The van der Waals surface area contributed by atoms with Crippen LogP contribution in [0.2, 0.25) is 0 Å². The second-order valence-corrected chi connectivity index (χ2v) is 7.62. The lowest BCUT2D eigenvalue weighted by molar-refractivity contribution is -0.150. The summed E-state index contributed by atoms with van der Waals surface area (Å²) in [5.74, 6) is 0.339. The van der Waals surface area contributed by atoms with Gasteiger partial charge in [-0.25, -0.2) is 0 Å². The summed E-state index contributed by atoms with van der Waals surface area (Å²) in [6.45, 7) is 9.20. The first-order valence-electron chi connectivity index (χ1n) is 11.4. The van der Waals surface area contributed by atoms with E-state index in [0.717, 1.165) is 38.0 Å². The van der Waals surface area contributed by atoms with Crippen LogP contribution in [0.4, 0.5) is 0 Å². The van der Waals surface area contributed by atoms with E-state index in [-0.39, 0.29) is 18.0 Å². The van der Waals surface area contributed by atoms with Crippen molar-refractivity contribution in [3.63, 3.8) is 0 Å². The van der Waals surface area contributed by atoms with Crippen LogP contribution in [-0.2, 0) is 19.1 Å². The van der Waals surface area contributed by atoms with Gasteiger partial charge in [-0.2, -0.15) is 0 Å². The molecule has 160 valence electrons. The zero-order valence-electron chi connectivity index (χ0n) is 18.4. The summed E-state index contributed by atoms with van der Waals surface area (Å²) in [6, 6.07) is 0. The second-order valence-electron chi connectivity index (χ2n) is 7.62. The molecule has 0 rings (SSSR count). The topological polar surface area (TPSA) is 52.6 Å². The zero-order valence-corrected chi connectivity index (χ0v) is 18.4. The quantitative estimate of drug-likeness (QED) is 0.197. The van der Waals surface area contributed by atoms with Gasteiger partial charge in [-0.3, -0.25) is 9.59 Å². The van der Waals surface area contributed by atoms with Crippen molar-refractivity contribution < 1.29 is 19.1 Å². The van der Waals surface area contributed by atoms with Gasteiger partial charge in [-0.1, -0.05) is 72.6 Å². The molecule has 0 aliphatic heterocycles. The molecule has 1 unspecified atom stereocenters. The van der Waals surface area contributed by atoms with E-state index in [2.05, 4.69) is 27.7 Å². The second kappa shape index (κ2) is 18.3. The van der Waals surface area contributed by atoms with Crippen LogP contribution in [-0.4, -0.2) is 24.6 Å². The van der Waals surface area contributed by atoms with Crippen LogP contribution in [0.15, 0.2) is 0 Å². The Morgan fingerprint density at radius 3 is 1.96 bits per heavy atom. The number of carbonyl (C=O) groups excluding carboxylic acids is 2. The van der Waals surface area contributed by atoms with E-state index in [4.69, 9.17) is 9.47 Å². The Morgan fingerprint density at radius 1 is 0.704 bits per heavy atom. The van der Waals surface area contributed by atoms with Crippen LogP contribution in [0.25, 0.3) is 0 Å². The van der Waals surface area contributed by atoms with Crippen LogP contribution >= 0.6 is 0 Å². The maximum Gasteiger partial charge on any atom is 0.306 e. The lowest BCUT2D eigenvalue weighted by Gasteiger charge is -2.19. The van der Waals surface area contributed by atoms with Crippen molar-refractivity contribution >= 4 is 11.9 Å². The van der Waals surface area contributed by atoms with Crippen molar-refractivity contribution in [1.29, 1.82) is 0 Å². The summed E-state index contributed by atoms with van der Waals surface area (Å²) in [6.07, 6.45) is 13.5. The fourth-order valence-electron chi connectivity index (χ4n) is 3.23. The first-order chi connectivity index (χ1) is 13.1. The minimum absolute atomic E-state index is 0.0118. The van der Waals surface area contributed by atoms with Crippen molar-refractivity contribution in [1.82, 2.24) is 0 Å². The fourth-order valence-corrected chi connectivity index (χ4v) is 3.23. The fraction of sp³-hybridized carbons (Fsp3) is 0.913. The van der Waals surface area contributed by atoms with Crippen molar-refractivity contribution in [2.45, 2.75) is 124 Å². The largest absolute Gasteiger partial charge is 0.466 e. The highest BCUT2D eigenvalue weighted by atomic mass is 16.5. The molecule has 0 spiro atoms. The standard InChI is InChI=1S/C23H44O4/c1-5-9-10-11-12-13-19-26-22(24)15-14-16-23(25)27-21(8-4)18-17-20(6-2)7-3/h20-21H,5-19H2,1-4H3. The molecule has 0 amide bonds. The Bertz CT molecular complexity index is 363. The van der Waals surface area contributed by atoms with E-state index in [1.165, 1.54) is 38.5 Å². The summed E-state index contributed by atoms with van der Waals surface area (Å²) in [7, 11) is 0. The molecule has 27 heavy (non-hydrogen) atoms. The summed E-state index contributed by atoms with van der Waals surface area (Å²) >= 11 is 0. The van der Waals surface area contributed by atoms with Crippen molar-refractivity contribution in [3.8, 4) is 0 Å². The average Bonchev–Trinajstić information content (AvgIpc) is 2.67. The average molecular weight is 385 g/mol. The molecule has 0 radical (unpaired) electrons. The molecule has 1 atom stereocenters. The summed E-state index contributed by atoms with van der Waals surface area (Å²) < 4.78 is 10.8. The number of rotatable bonds is 18.